The minimum atomic E-state index is 0.257. The number of fused-ring (bicyclic) bond motifs is 2. The predicted octanol–water partition coefficient (Wildman–Crippen LogP) is 6.10. The summed E-state index contributed by atoms with van der Waals surface area (Å²) < 4.78 is 6.16. The van der Waals surface area contributed by atoms with E-state index in [2.05, 4.69) is 65.0 Å². The van der Waals surface area contributed by atoms with Crippen molar-refractivity contribution in [2.75, 3.05) is 0 Å². The van der Waals surface area contributed by atoms with Crippen LogP contribution in [0.25, 0.3) is 0 Å². The summed E-state index contributed by atoms with van der Waals surface area (Å²) in [6, 6.07) is 11.5. The lowest BCUT2D eigenvalue weighted by Gasteiger charge is -2.31. The van der Waals surface area contributed by atoms with Crippen molar-refractivity contribution in [1.82, 2.24) is 0 Å². The second-order valence-electron chi connectivity index (χ2n) is 8.47. The Morgan fingerprint density at radius 1 is 0.960 bits per heavy atom. The number of benzene rings is 2. The molecule has 0 aromatic heterocycles. The molecule has 4 rings (SSSR count). The first-order chi connectivity index (χ1) is 11.9. The summed E-state index contributed by atoms with van der Waals surface area (Å²) in [4.78, 5) is 0. The van der Waals surface area contributed by atoms with Gasteiger partial charge in [0.15, 0.2) is 0 Å². The molecule has 132 valence electrons. The predicted molar refractivity (Wildman–Crippen MR) is 105 cm³/mol. The number of hydrogen-bond acceptors (Lipinski definition) is 1. The molecule has 1 aliphatic carbocycles. The van der Waals surface area contributed by atoms with Gasteiger partial charge < -0.3 is 4.74 Å². The van der Waals surface area contributed by atoms with Crippen LogP contribution in [0.5, 0.6) is 5.75 Å². The first-order valence-electron chi connectivity index (χ1n) is 9.83. The fraction of sp³-hybridized carbons (Fsp3) is 0.500. The molecule has 0 amide bonds. The molecule has 1 heteroatoms. The smallest absolute Gasteiger partial charge is 0.123 e. The Kier molecular flexibility index (Phi) is 4.14. The summed E-state index contributed by atoms with van der Waals surface area (Å²) in [5.41, 5.74) is 8.93. The fourth-order valence-corrected chi connectivity index (χ4v) is 4.86. The molecule has 0 bridgehead atoms. The highest BCUT2D eigenvalue weighted by molar-refractivity contribution is 5.47. The van der Waals surface area contributed by atoms with Crippen LogP contribution >= 0.6 is 0 Å². The van der Waals surface area contributed by atoms with Gasteiger partial charge in [-0.15, -0.1) is 0 Å². The van der Waals surface area contributed by atoms with Crippen LogP contribution in [0.1, 0.15) is 72.4 Å². The molecule has 0 saturated heterocycles. The van der Waals surface area contributed by atoms with Gasteiger partial charge in [0.05, 0.1) is 0 Å². The topological polar surface area (TPSA) is 9.23 Å². The number of rotatable bonds is 2. The highest BCUT2D eigenvalue weighted by Crippen LogP contribution is 2.43. The highest BCUT2D eigenvalue weighted by Gasteiger charge is 2.33. The van der Waals surface area contributed by atoms with E-state index in [4.69, 9.17) is 4.74 Å². The quantitative estimate of drug-likeness (QED) is 0.645. The summed E-state index contributed by atoms with van der Waals surface area (Å²) in [5, 5.41) is 0. The van der Waals surface area contributed by atoms with Crippen molar-refractivity contribution in [3.05, 3.63) is 63.7 Å². The summed E-state index contributed by atoms with van der Waals surface area (Å²) >= 11 is 0. The molecular formula is C24H30O. The second-order valence-corrected chi connectivity index (χ2v) is 8.47. The first kappa shape index (κ1) is 16.7. The average molecular weight is 335 g/mol. The number of ether oxygens (including phenoxy) is 1. The Hall–Kier alpha value is -1.76. The van der Waals surface area contributed by atoms with Crippen LogP contribution < -0.4 is 4.74 Å². The SMILES string of the molecule is Cc1cc(C[C@H]2c3cc(C)ccc3O[C@@H]2C)c2c(c1)[C@H](C)[C@@H](C)CC2. The van der Waals surface area contributed by atoms with Crippen LogP contribution in [-0.2, 0) is 12.8 Å². The van der Waals surface area contributed by atoms with Crippen LogP contribution in [0.2, 0.25) is 0 Å². The molecule has 0 N–H and O–H groups in total. The van der Waals surface area contributed by atoms with Gasteiger partial charge in [0, 0.05) is 11.5 Å². The van der Waals surface area contributed by atoms with Gasteiger partial charge >= 0.3 is 0 Å². The van der Waals surface area contributed by atoms with Gasteiger partial charge in [-0.25, -0.2) is 0 Å². The summed E-state index contributed by atoms with van der Waals surface area (Å²) in [7, 11) is 0. The van der Waals surface area contributed by atoms with Crippen LogP contribution in [0, 0.1) is 19.8 Å². The van der Waals surface area contributed by atoms with E-state index in [0.29, 0.717) is 11.8 Å². The molecule has 0 spiro atoms. The van der Waals surface area contributed by atoms with Gasteiger partial charge in [-0.2, -0.15) is 0 Å². The van der Waals surface area contributed by atoms with Crippen molar-refractivity contribution in [2.45, 2.75) is 71.8 Å². The second kappa shape index (κ2) is 6.20. The fourth-order valence-electron chi connectivity index (χ4n) is 4.86. The zero-order valence-electron chi connectivity index (χ0n) is 16.2. The van der Waals surface area contributed by atoms with Crippen molar-refractivity contribution in [2.24, 2.45) is 5.92 Å². The van der Waals surface area contributed by atoms with Crippen molar-refractivity contribution in [3.63, 3.8) is 0 Å². The van der Waals surface area contributed by atoms with E-state index in [1.54, 1.807) is 16.7 Å². The van der Waals surface area contributed by atoms with Crippen molar-refractivity contribution in [1.29, 1.82) is 0 Å². The first-order valence-corrected chi connectivity index (χ1v) is 9.83. The number of aryl methyl sites for hydroxylation is 2. The molecule has 1 aliphatic heterocycles. The molecule has 4 atom stereocenters. The zero-order chi connectivity index (χ0) is 17.7. The third-order valence-electron chi connectivity index (χ3n) is 6.60. The summed E-state index contributed by atoms with van der Waals surface area (Å²) in [6.07, 6.45) is 3.91. The molecule has 1 heterocycles. The summed E-state index contributed by atoms with van der Waals surface area (Å²) in [5.74, 6) is 3.02. The van der Waals surface area contributed by atoms with E-state index in [-0.39, 0.29) is 6.10 Å². The van der Waals surface area contributed by atoms with Crippen LogP contribution in [0.3, 0.4) is 0 Å². The molecule has 0 radical (unpaired) electrons. The van der Waals surface area contributed by atoms with Crippen molar-refractivity contribution < 1.29 is 4.74 Å². The minimum absolute atomic E-state index is 0.257. The van der Waals surface area contributed by atoms with E-state index < -0.39 is 0 Å². The van der Waals surface area contributed by atoms with Crippen LogP contribution in [0.4, 0.5) is 0 Å². The Morgan fingerprint density at radius 3 is 2.52 bits per heavy atom. The maximum atomic E-state index is 6.16. The van der Waals surface area contributed by atoms with Gasteiger partial charge in [-0.3, -0.25) is 0 Å². The Labute approximate surface area is 152 Å². The largest absolute Gasteiger partial charge is 0.490 e. The van der Waals surface area contributed by atoms with Gasteiger partial charge in [-0.1, -0.05) is 49.2 Å². The van der Waals surface area contributed by atoms with E-state index >= 15 is 0 Å². The molecule has 1 nitrogen and oxygen atoms in total. The monoisotopic (exact) mass is 334 g/mol. The lowest BCUT2D eigenvalue weighted by molar-refractivity contribution is 0.225. The van der Waals surface area contributed by atoms with Crippen LogP contribution in [-0.4, -0.2) is 6.10 Å². The molecule has 0 fully saturated rings. The van der Waals surface area contributed by atoms with Gasteiger partial charge in [0.2, 0.25) is 0 Å². The highest BCUT2D eigenvalue weighted by atomic mass is 16.5. The van der Waals surface area contributed by atoms with Crippen molar-refractivity contribution >= 4 is 0 Å². The standard InChI is InChI=1S/C24H30O/c1-14-6-9-24-23(11-14)22(18(5)25-24)13-19-10-15(2)12-21-17(4)16(3)7-8-20(19)21/h6,9-12,16-18,22H,7-8,13H2,1-5H3/t16-,17+,18+,22+/m0/s1. The Morgan fingerprint density at radius 2 is 1.72 bits per heavy atom. The van der Waals surface area contributed by atoms with E-state index in [1.807, 2.05) is 0 Å². The molecule has 25 heavy (non-hydrogen) atoms. The third kappa shape index (κ3) is 2.88. The van der Waals surface area contributed by atoms with Gasteiger partial charge in [-0.05, 0) is 74.6 Å². The van der Waals surface area contributed by atoms with E-state index in [0.717, 1.165) is 18.1 Å². The molecule has 2 aliphatic rings. The number of hydrogen-bond donors (Lipinski definition) is 0. The lowest BCUT2D eigenvalue weighted by Crippen LogP contribution is -2.21. The average Bonchev–Trinajstić information content (AvgIpc) is 2.87. The maximum Gasteiger partial charge on any atom is 0.123 e. The van der Waals surface area contributed by atoms with Crippen molar-refractivity contribution in [3.8, 4) is 5.75 Å². The summed E-state index contributed by atoms with van der Waals surface area (Å²) in [6.45, 7) is 11.5. The lowest BCUT2D eigenvalue weighted by atomic mass is 9.73. The molecule has 2 aromatic carbocycles. The molecule has 0 saturated carbocycles. The Bertz CT molecular complexity index is 804. The van der Waals surface area contributed by atoms with Gasteiger partial charge in [0.1, 0.15) is 11.9 Å². The Balaban J connectivity index is 1.73. The van der Waals surface area contributed by atoms with Crippen LogP contribution in [0.15, 0.2) is 30.3 Å². The van der Waals surface area contributed by atoms with Gasteiger partial charge in [0.25, 0.3) is 0 Å². The molecule has 0 unspecified atom stereocenters. The third-order valence-corrected chi connectivity index (χ3v) is 6.60. The van der Waals surface area contributed by atoms with E-state index in [9.17, 15) is 0 Å². The maximum absolute atomic E-state index is 6.16. The molecule has 2 aromatic rings. The minimum Gasteiger partial charge on any atom is -0.490 e. The zero-order valence-corrected chi connectivity index (χ0v) is 16.2. The normalized spacial score (nSPS) is 27.6. The molecular weight excluding hydrogens is 304 g/mol. The van der Waals surface area contributed by atoms with E-state index in [1.165, 1.54) is 29.5 Å².